The van der Waals surface area contributed by atoms with E-state index >= 15 is 0 Å². The third-order valence-electron chi connectivity index (χ3n) is 4.10. The highest BCUT2D eigenvalue weighted by molar-refractivity contribution is 9.10. The number of carbonyl (C=O) groups is 1. The van der Waals surface area contributed by atoms with Crippen LogP contribution in [0, 0.1) is 6.92 Å². The zero-order valence-electron chi connectivity index (χ0n) is 12.2. The molecule has 1 unspecified atom stereocenters. The summed E-state index contributed by atoms with van der Waals surface area (Å²) in [4.78, 5) is 12.4. The van der Waals surface area contributed by atoms with Crippen molar-refractivity contribution in [2.24, 2.45) is 7.05 Å². The molecule has 2 aromatic rings. The molecular formula is C16H18BrN3O. The summed E-state index contributed by atoms with van der Waals surface area (Å²) in [5.41, 5.74) is 4.16. The van der Waals surface area contributed by atoms with Crippen LogP contribution in [0.3, 0.4) is 0 Å². The molecule has 5 heteroatoms. The van der Waals surface area contributed by atoms with Crippen molar-refractivity contribution in [3.05, 3.63) is 51.3 Å². The summed E-state index contributed by atoms with van der Waals surface area (Å²) in [7, 11) is 1.96. The second-order valence-electron chi connectivity index (χ2n) is 5.55. The van der Waals surface area contributed by atoms with E-state index in [2.05, 4.69) is 26.3 Å². The minimum absolute atomic E-state index is 0.0210. The molecule has 110 valence electrons. The predicted octanol–water partition coefficient (Wildman–Crippen LogP) is 3.30. The second kappa shape index (κ2) is 5.64. The zero-order chi connectivity index (χ0) is 15.0. The highest BCUT2D eigenvalue weighted by Gasteiger charge is 2.25. The van der Waals surface area contributed by atoms with Crippen molar-refractivity contribution < 1.29 is 4.79 Å². The Morgan fingerprint density at radius 2 is 2.29 bits per heavy atom. The van der Waals surface area contributed by atoms with Gasteiger partial charge in [0, 0.05) is 28.3 Å². The van der Waals surface area contributed by atoms with Crippen LogP contribution in [-0.2, 0) is 13.5 Å². The fraction of sp³-hybridized carbons (Fsp3) is 0.375. The SMILES string of the molecule is Cc1cc(C(=O)NC2CCCc3c2cnn3C)ccc1Br. The number of halogens is 1. The third kappa shape index (κ3) is 2.75. The van der Waals surface area contributed by atoms with Crippen LogP contribution < -0.4 is 5.32 Å². The number of carbonyl (C=O) groups excluding carboxylic acids is 1. The first-order valence-corrected chi connectivity index (χ1v) is 7.93. The maximum atomic E-state index is 12.4. The number of rotatable bonds is 2. The Hall–Kier alpha value is -1.62. The number of nitrogens with one attached hydrogen (secondary N) is 1. The van der Waals surface area contributed by atoms with Crippen LogP contribution in [0.5, 0.6) is 0 Å². The van der Waals surface area contributed by atoms with E-state index in [0.29, 0.717) is 5.56 Å². The molecule has 0 spiro atoms. The minimum atomic E-state index is -0.0210. The smallest absolute Gasteiger partial charge is 0.251 e. The lowest BCUT2D eigenvalue weighted by Gasteiger charge is -2.24. The van der Waals surface area contributed by atoms with Gasteiger partial charge in [0.05, 0.1) is 12.2 Å². The number of fused-ring (bicyclic) bond motifs is 1. The summed E-state index contributed by atoms with van der Waals surface area (Å²) < 4.78 is 2.93. The maximum absolute atomic E-state index is 12.4. The van der Waals surface area contributed by atoms with Gasteiger partial charge in [0.15, 0.2) is 0 Å². The molecule has 1 aliphatic rings. The van der Waals surface area contributed by atoms with Gasteiger partial charge in [-0.05, 0) is 49.9 Å². The van der Waals surface area contributed by atoms with Crippen LogP contribution in [0.4, 0.5) is 0 Å². The van der Waals surface area contributed by atoms with E-state index in [1.54, 1.807) is 0 Å². The number of aryl methyl sites for hydroxylation is 2. The zero-order valence-corrected chi connectivity index (χ0v) is 13.8. The van der Waals surface area contributed by atoms with Crippen molar-refractivity contribution >= 4 is 21.8 Å². The van der Waals surface area contributed by atoms with Crippen molar-refractivity contribution in [2.75, 3.05) is 0 Å². The van der Waals surface area contributed by atoms with Gasteiger partial charge >= 0.3 is 0 Å². The van der Waals surface area contributed by atoms with Crippen molar-refractivity contribution in [3.8, 4) is 0 Å². The Bertz CT molecular complexity index is 693. The Morgan fingerprint density at radius 1 is 1.48 bits per heavy atom. The van der Waals surface area contributed by atoms with Gasteiger partial charge < -0.3 is 5.32 Å². The molecule has 0 fully saturated rings. The molecule has 1 amide bonds. The molecule has 0 saturated carbocycles. The first kappa shape index (κ1) is 14.3. The molecule has 3 rings (SSSR count). The van der Waals surface area contributed by atoms with Crippen LogP contribution >= 0.6 is 15.9 Å². The molecule has 0 aliphatic heterocycles. The molecular weight excluding hydrogens is 330 g/mol. The fourth-order valence-electron chi connectivity index (χ4n) is 2.88. The van der Waals surface area contributed by atoms with Crippen molar-refractivity contribution in [1.29, 1.82) is 0 Å². The molecule has 1 aromatic carbocycles. The monoisotopic (exact) mass is 347 g/mol. The van der Waals surface area contributed by atoms with Gasteiger partial charge in [-0.2, -0.15) is 5.10 Å². The molecule has 1 N–H and O–H groups in total. The van der Waals surface area contributed by atoms with Gasteiger partial charge in [0.25, 0.3) is 5.91 Å². The van der Waals surface area contributed by atoms with Crippen LogP contribution in [0.1, 0.15) is 46.1 Å². The quantitative estimate of drug-likeness (QED) is 0.905. The maximum Gasteiger partial charge on any atom is 0.251 e. The lowest BCUT2D eigenvalue weighted by Crippen LogP contribution is -2.31. The number of amides is 1. The number of hydrogen-bond acceptors (Lipinski definition) is 2. The fourth-order valence-corrected chi connectivity index (χ4v) is 3.13. The van der Waals surface area contributed by atoms with E-state index in [0.717, 1.165) is 34.9 Å². The van der Waals surface area contributed by atoms with E-state index in [1.807, 2.05) is 43.0 Å². The van der Waals surface area contributed by atoms with E-state index in [4.69, 9.17) is 0 Å². The van der Waals surface area contributed by atoms with Crippen molar-refractivity contribution in [3.63, 3.8) is 0 Å². The van der Waals surface area contributed by atoms with Gasteiger partial charge in [-0.3, -0.25) is 9.48 Å². The standard InChI is InChI=1S/C16H18BrN3O/c1-10-8-11(6-7-13(10)17)16(21)19-14-4-3-5-15-12(14)9-18-20(15)2/h6-9,14H,3-5H2,1-2H3,(H,19,21). The molecule has 4 nitrogen and oxygen atoms in total. The molecule has 21 heavy (non-hydrogen) atoms. The predicted molar refractivity (Wildman–Crippen MR) is 85.2 cm³/mol. The van der Waals surface area contributed by atoms with Crippen LogP contribution in [0.15, 0.2) is 28.9 Å². The van der Waals surface area contributed by atoms with E-state index < -0.39 is 0 Å². The summed E-state index contributed by atoms with van der Waals surface area (Å²) in [6.07, 6.45) is 4.97. The molecule has 0 saturated heterocycles. The summed E-state index contributed by atoms with van der Waals surface area (Å²) in [6.45, 7) is 1.99. The van der Waals surface area contributed by atoms with Crippen molar-refractivity contribution in [2.45, 2.75) is 32.2 Å². The van der Waals surface area contributed by atoms with E-state index in [1.165, 1.54) is 5.69 Å². The van der Waals surface area contributed by atoms with Gasteiger partial charge in [-0.15, -0.1) is 0 Å². The summed E-state index contributed by atoms with van der Waals surface area (Å²) in [5.74, 6) is -0.0210. The molecule has 1 atom stereocenters. The average Bonchev–Trinajstić information content (AvgIpc) is 2.85. The third-order valence-corrected chi connectivity index (χ3v) is 4.99. The first-order chi connectivity index (χ1) is 10.1. The first-order valence-electron chi connectivity index (χ1n) is 7.14. The Kier molecular flexibility index (Phi) is 3.85. The molecule has 0 bridgehead atoms. The summed E-state index contributed by atoms with van der Waals surface area (Å²) >= 11 is 3.46. The normalized spacial score (nSPS) is 17.4. The van der Waals surface area contributed by atoms with E-state index in [-0.39, 0.29) is 11.9 Å². The van der Waals surface area contributed by atoms with Gasteiger partial charge in [-0.1, -0.05) is 15.9 Å². The minimum Gasteiger partial charge on any atom is -0.345 e. The number of hydrogen-bond donors (Lipinski definition) is 1. The second-order valence-corrected chi connectivity index (χ2v) is 6.41. The summed E-state index contributed by atoms with van der Waals surface area (Å²) in [6, 6.07) is 5.74. The van der Waals surface area contributed by atoms with Crippen molar-refractivity contribution in [1.82, 2.24) is 15.1 Å². The van der Waals surface area contributed by atoms with E-state index in [9.17, 15) is 4.79 Å². The van der Waals surface area contributed by atoms with Crippen LogP contribution in [-0.4, -0.2) is 15.7 Å². The summed E-state index contributed by atoms with van der Waals surface area (Å²) in [5, 5.41) is 7.46. The number of aromatic nitrogens is 2. The lowest BCUT2D eigenvalue weighted by atomic mass is 9.92. The van der Waals surface area contributed by atoms with Crippen LogP contribution in [0.2, 0.25) is 0 Å². The molecule has 1 aromatic heterocycles. The Morgan fingerprint density at radius 3 is 3.05 bits per heavy atom. The van der Waals surface area contributed by atoms with Gasteiger partial charge in [0.1, 0.15) is 0 Å². The molecule has 1 aliphatic carbocycles. The van der Waals surface area contributed by atoms with Gasteiger partial charge in [-0.25, -0.2) is 0 Å². The largest absolute Gasteiger partial charge is 0.345 e. The van der Waals surface area contributed by atoms with Crippen LogP contribution in [0.25, 0.3) is 0 Å². The average molecular weight is 348 g/mol. The molecule has 0 radical (unpaired) electrons. The highest BCUT2D eigenvalue weighted by Crippen LogP contribution is 2.29. The Balaban J connectivity index is 1.81. The van der Waals surface area contributed by atoms with Gasteiger partial charge in [0.2, 0.25) is 0 Å². The number of benzene rings is 1. The molecule has 1 heterocycles. The Labute approximate surface area is 132 Å². The topological polar surface area (TPSA) is 46.9 Å². The lowest BCUT2D eigenvalue weighted by molar-refractivity contribution is 0.0932. The number of nitrogens with zero attached hydrogens (tertiary/aromatic N) is 2. The highest BCUT2D eigenvalue weighted by atomic mass is 79.9.